The van der Waals surface area contributed by atoms with E-state index in [-0.39, 0.29) is 5.91 Å². The molecule has 0 N–H and O–H groups in total. The van der Waals surface area contributed by atoms with Crippen LogP contribution in [0.25, 0.3) is 0 Å². The molecule has 0 aliphatic carbocycles. The molecule has 0 atom stereocenters. The van der Waals surface area contributed by atoms with Crippen molar-refractivity contribution in [2.24, 2.45) is 0 Å². The highest BCUT2D eigenvalue weighted by Gasteiger charge is 2.23. The van der Waals surface area contributed by atoms with Gasteiger partial charge in [0.15, 0.2) is 0 Å². The number of hydrogen-bond donors (Lipinski definition) is 0. The molecule has 1 aliphatic heterocycles. The van der Waals surface area contributed by atoms with Crippen LogP contribution in [0.1, 0.15) is 27.0 Å². The van der Waals surface area contributed by atoms with Crippen molar-refractivity contribution >= 4 is 11.6 Å². The molecule has 1 aliphatic rings. The minimum atomic E-state index is 0.0331. The fraction of sp³-hybridized carbons (Fsp3) is 0.154. The van der Waals surface area contributed by atoms with E-state index in [4.69, 9.17) is 0 Å². The maximum atomic E-state index is 12.9. The van der Waals surface area contributed by atoms with E-state index in [2.05, 4.69) is 22.8 Å². The highest BCUT2D eigenvalue weighted by molar-refractivity contribution is 5.94. The molecular formula is C26H21N3O. The van der Waals surface area contributed by atoms with Gasteiger partial charge in [0, 0.05) is 42.9 Å². The lowest BCUT2D eigenvalue weighted by Gasteiger charge is -2.36. The number of anilines is 1. The summed E-state index contributed by atoms with van der Waals surface area (Å²) in [6.45, 7) is 2.69. The Morgan fingerprint density at radius 1 is 0.733 bits per heavy atom. The highest BCUT2D eigenvalue weighted by atomic mass is 16.2. The zero-order valence-electron chi connectivity index (χ0n) is 16.6. The molecule has 0 unspecified atom stereocenters. The molecule has 3 aromatic rings. The lowest BCUT2D eigenvalue weighted by molar-refractivity contribution is 0.0747. The smallest absolute Gasteiger partial charge is 0.253 e. The average Bonchev–Trinajstić information content (AvgIpc) is 2.83. The molecule has 4 rings (SSSR count). The van der Waals surface area contributed by atoms with Crippen LogP contribution < -0.4 is 4.90 Å². The molecular weight excluding hydrogens is 370 g/mol. The van der Waals surface area contributed by atoms with Gasteiger partial charge in [-0.1, -0.05) is 42.2 Å². The molecule has 1 heterocycles. The highest BCUT2D eigenvalue weighted by Crippen LogP contribution is 2.21. The predicted molar refractivity (Wildman–Crippen MR) is 118 cm³/mol. The van der Waals surface area contributed by atoms with Crippen molar-refractivity contribution in [1.29, 1.82) is 5.26 Å². The molecule has 1 amide bonds. The number of nitrogens with zero attached hydrogens (tertiary/aromatic N) is 3. The molecule has 1 fully saturated rings. The molecule has 4 nitrogen and oxygen atoms in total. The molecule has 4 heteroatoms. The third-order valence-corrected chi connectivity index (χ3v) is 5.19. The van der Waals surface area contributed by atoms with Gasteiger partial charge in [0.2, 0.25) is 0 Å². The summed E-state index contributed by atoms with van der Waals surface area (Å²) in [4.78, 5) is 16.9. The van der Waals surface area contributed by atoms with E-state index in [1.54, 1.807) is 0 Å². The molecule has 0 bridgehead atoms. The van der Waals surface area contributed by atoms with Gasteiger partial charge >= 0.3 is 0 Å². The molecule has 0 spiro atoms. The van der Waals surface area contributed by atoms with Gasteiger partial charge in [-0.3, -0.25) is 4.79 Å². The maximum Gasteiger partial charge on any atom is 0.253 e. The second-order valence-corrected chi connectivity index (χ2v) is 7.10. The first kappa shape index (κ1) is 19.3. The van der Waals surface area contributed by atoms with Gasteiger partial charge in [-0.25, -0.2) is 0 Å². The van der Waals surface area contributed by atoms with Crippen LogP contribution >= 0.6 is 0 Å². The SMILES string of the molecule is N#Cc1ccccc1N1CCN(C(=O)c2ccc(C#Cc3ccccc3)cc2)CC1. The Hall–Kier alpha value is -4.02. The van der Waals surface area contributed by atoms with Crippen LogP contribution in [0.4, 0.5) is 5.69 Å². The topological polar surface area (TPSA) is 47.3 Å². The minimum absolute atomic E-state index is 0.0331. The number of rotatable bonds is 2. The van der Waals surface area contributed by atoms with E-state index in [1.807, 2.05) is 83.8 Å². The van der Waals surface area contributed by atoms with Gasteiger partial charge in [0.25, 0.3) is 5.91 Å². The fourth-order valence-corrected chi connectivity index (χ4v) is 3.54. The quantitative estimate of drug-likeness (QED) is 0.622. The second kappa shape index (κ2) is 8.99. The van der Waals surface area contributed by atoms with Gasteiger partial charge in [-0.2, -0.15) is 5.26 Å². The lowest BCUT2D eigenvalue weighted by Crippen LogP contribution is -2.49. The summed E-state index contributed by atoms with van der Waals surface area (Å²) in [5, 5.41) is 9.31. The number of piperazine rings is 1. The average molecular weight is 391 g/mol. The zero-order valence-corrected chi connectivity index (χ0v) is 16.6. The van der Waals surface area contributed by atoms with Crippen LogP contribution in [-0.4, -0.2) is 37.0 Å². The number of carbonyl (C=O) groups excluding carboxylic acids is 1. The lowest BCUT2D eigenvalue weighted by atomic mass is 10.1. The Labute approximate surface area is 177 Å². The first-order valence-electron chi connectivity index (χ1n) is 9.95. The Balaban J connectivity index is 1.39. The standard InChI is InChI=1S/C26H21N3O/c27-20-24-8-4-5-9-25(24)28-16-18-29(19-17-28)26(30)23-14-12-22(13-15-23)11-10-21-6-2-1-3-7-21/h1-9,12-15H,16-19H2. The summed E-state index contributed by atoms with van der Waals surface area (Å²) >= 11 is 0. The number of benzene rings is 3. The van der Waals surface area contributed by atoms with Gasteiger partial charge in [0.1, 0.15) is 6.07 Å². The molecule has 30 heavy (non-hydrogen) atoms. The summed E-state index contributed by atoms with van der Waals surface area (Å²) in [5.74, 6) is 6.30. The summed E-state index contributed by atoms with van der Waals surface area (Å²) in [6.07, 6.45) is 0. The van der Waals surface area contributed by atoms with Crippen LogP contribution in [-0.2, 0) is 0 Å². The van der Waals surface area contributed by atoms with Crippen LogP contribution in [0.3, 0.4) is 0 Å². The number of para-hydroxylation sites is 1. The minimum Gasteiger partial charge on any atom is -0.367 e. The monoisotopic (exact) mass is 391 g/mol. The third kappa shape index (κ3) is 4.35. The van der Waals surface area contributed by atoms with E-state index >= 15 is 0 Å². The number of carbonyl (C=O) groups is 1. The third-order valence-electron chi connectivity index (χ3n) is 5.19. The summed E-state index contributed by atoms with van der Waals surface area (Å²) in [6, 6.07) is 27.2. The summed E-state index contributed by atoms with van der Waals surface area (Å²) < 4.78 is 0. The molecule has 0 aromatic heterocycles. The molecule has 3 aromatic carbocycles. The fourth-order valence-electron chi connectivity index (χ4n) is 3.54. The van der Waals surface area contributed by atoms with E-state index in [1.165, 1.54) is 0 Å². The van der Waals surface area contributed by atoms with Gasteiger partial charge in [-0.15, -0.1) is 0 Å². The Bertz CT molecular complexity index is 1130. The Morgan fingerprint density at radius 2 is 1.33 bits per heavy atom. The molecule has 0 radical (unpaired) electrons. The van der Waals surface area contributed by atoms with Crippen molar-refractivity contribution in [3.8, 4) is 17.9 Å². The van der Waals surface area contributed by atoms with Crippen molar-refractivity contribution in [2.45, 2.75) is 0 Å². The zero-order chi connectivity index (χ0) is 20.8. The van der Waals surface area contributed by atoms with Crippen LogP contribution in [0.15, 0.2) is 78.9 Å². The molecule has 0 saturated carbocycles. The van der Waals surface area contributed by atoms with Gasteiger partial charge < -0.3 is 9.80 Å². The van der Waals surface area contributed by atoms with Gasteiger partial charge in [0.05, 0.1) is 11.3 Å². The van der Waals surface area contributed by atoms with E-state index in [9.17, 15) is 10.1 Å². The van der Waals surface area contributed by atoms with E-state index < -0.39 is 0 Å². The van der Waals surface area contributed by atoms with E-state index in [0.29, 0.717) is 37.3 Å². The number of amides is 1. The first-order chi connectivity index (χ1) is 14.7. The molecule has 146 valence electrons. The van der Waals surface area contributed by atoms with Crippen LogP contribution in [0.2, 0.25) is 0 Å². The van der Waals surface area contributed by atoms with Crippen molar-refractivity contribution in [1.82, 2.24) is 4.90 Å². The number of nitriles is 1. The second-order valence-electron chi connectivity index (χ2n) is 7.10. The van der Waals surface area contributed by atoms with Crippen LogP contribution in [0.5, 0.6) is 0 Å². The predicted octanol–water partition coefficient (Wildman–Crippen LogP) is 3.92. The van der Waals surface area contributed by atoms with Crippen LogP contribution in [0, 0.1) is 23.2 Å². The largest absolute Gasteiger partial charge is 0.367 e. The summed E-state index contributed by atoms with van der Waals surface area (Å²) in [7, 11) is 0. The van der Waals surface area contributed by atoms with Crippen molar-refractivity contribution in [3.63, 3.8) is 0 Å². The Kier molecular flexibility index (Phi) is 5.78. The number of hydrogen-bond acceptors (Lipinski definition) is 3. The maximum absolute atomic E-state index is 12.9. The van der Waals surface area contributed by atoms with Gasteiger partial charge in [-0.05, 0) is 48.5 Å². The first-order valence-corrected chi connectivity index (χ1v) is 9.95. The van der Waals surface area contributed by atoms with Crippen molar-refractivity contribution < 1.29 is 4.79 Å². The summed E-state index contributed by atoms with van der Waals surface area (Å²) in [5.41, 5.74) is 4.13. The van der Waals surface area contributed by atoms with E-state index in [0.717, 1.165) is 16.8 Å². The Morgan fingerprint density at radius 3 is 2.00 bits per heavy atom. The van der Waals surface area contributed by atoms with Crippen molar-refractivity contribution in [2.75, 3.05) is 31.1 Å². The normalized spacial score (nSPS) is 13.2. The van der Waals surface area contributed by atoms with Crippen molar-refractivity contribution in [3.05, 3.63) is 101 Å². The molecule has 1 saturated heterocycles.